The maximum atomic E-state index is 12.8. The molecule has 1 amide bonds. The summed E-state index contributed by atoms with van der Waals surface area (Å²) in [5.74, 6) is -1.56. The number of nitrogens with zero attached hydrogens (tertiary/aromatic N) is 3. The molecule has 33 heavy (non-hydrogen) atoms. The molecule has 0 aliphatic carbocycles. The molecule has 166 valence electrons. The molecule has 2 N–H and O–H groups in total. The minimum Gasteiger partial charge on any atom is -0.480 e. The lowest BCUT2D eigenvalue weighted by Gasteiger charge is -2.19. The van der Waals surface area contributed by atoms with Crippen LogP contribution in [0.15, 0.2) is 95.0 Å². The highest BCUT2D eigenvalue weighted by atomic mass is 35.5. The standard InChI is InChI=1S/C25H21ClN4O3/c26-20-13-11-19(12-14-20)24(33)28-25(27-15-22(31)32)30-16-21(17-7-3-1-4-8-17)23(29-30)18-9-5-2-6-10-18/h1-14,21H,15-16H2,(H,31,32)(H,27,28,33). The highest BCUT2D eigenvalue weighted by Gasteiger charge is 2.32. The van der Waals surface area contributed by atoms with Crippen LogP contribution in [0.2, 0.25) is 5.02 Å². The highest BCUT2D eigenvalue weighted by molar-refractivity contribution is 6.30. The molecule has 0 radical (unpaired) electrons. The number of nitrogens with one attached hydrogen (secondary N) is 1. The molecule has 0 fully saturated rings. The van der Waals surface area contributed by atoms with Crippen LogP contribution in [0.25, 0.3) is 0 Å². The summed E-state index contributed by atoms with van der Waals surface area (Å²) in [6, 6.07) is 26.0. The quantitative estimate of drug-likeness (QED) is 0.444. The SMILES string of the molecule is O=C(O)CN=C(NC(=O)c1ccc(Cl)cc1)N1CC(c2ccccc2)C(c2ccccc2)=N1. The summed E-state index contributed by atoms with van der Waals surface area (Å²) < 4.78 is 0. The molecule has 1 aliphatic heterocycles. The van der Waals surface area contributed by atoms with Crippen molar-refractivity contribution in [2.75, 3.05) is 13.1 Å². The monoisotopic (exact) mass is 460 g/mol. The lowest BCUT2D eigenvalue weighted by atomic mass is 9.91. The minimum atomic E-state index is -1.11. The normalized spacial score (nSPS) is 15.8. The highest BCUT2D eigenvalue weighted by Crippen LogP contribution is 2.28. The van der Waals surface area contributed by atoms with Crippen LogP contribution in [0.5, 0.6) is 0 Å². The Labute approximate surface area is 196 Å². The Morgan fingerprint density at radius 1 is 1.00 bits per heavy atom. The van der Waals surface area contributed by atoms with Crippen molar-refractivity contribution in [3.8, 4) is 0 Å². The van der Waals surface area contributed by atoms with Gasteiger partial charge in [0.1, 0.15) is 6.54 Å². The summed E-state index contributed by atoms with van der Waals surface area (Å²) in [7, 11) is 0. The van der Waals surface area contributed by atoms with E-state index in [4.69, 9.17) is 21.8 Å². The first kappa shape index (κ1) is 22.2. The fourth-order valence-corrected chi connectivity index (χ4v) is 3.68. The predicted molar refractivity (Wildman–Crippen MR) is 128 cm³/mol. The summed E-state index contributed by atoms with van der Waals surface area (Å²) in [5, 5.41) is 18.7. The molecule has 0 aromatic heterocycles. The second kappa shape index (κ2) is 10.1. The van der Waals surface area contributed by atoms with Gasteiger partial charge in [0.2, 0.25) is 5.96 Å². The van der Waals surface area contributed by atoms with Crippen LogP contribution < -0.4 is 5.32 Å². The first-order valence-electron chi connectivity index (χ1n) is 10.3. The molecule has 1 unspecified atom stereocenters. The molecular weight excluding hydrogens is 440 g/mol. The van der Waals surface area contributed by atoms with Gasteiger partial charge in [-0.2, -0.15) is 5.10 Å². The molecule has 1 aliphatic rings. The third-order valence-electron chi connectivity index (χ3n) is 5.13. The van der Waals surface area contributed by atoms with Crippen molar-refractivity contribution in [1.29, 1.82) is 0 Å². The van der Waals surface area contributed by atoms with Crippen molar-refractivity contribution >= 4 is 35.1 Å². The predicted octanol–water partition coefficient (Wildman–Crippen LogP) is 4.01. The zero-order chi connectivity index (χ0) is 23.2. The number of carbonyl (C=O) groups is 2. The number of carboxylic acids is 1. The van der Waals surface area contributed by atoms with Gasteiger partial charge in [-0.05, 0) is 35.4 Å². The molecule has 1 heterocycles. The van der Waals surface area contributed by atoms with Crippen molar-refractivity contribution in [3.05, 3.63) is 107 Å². The Morgan fingerprint density at radius 2 is 1.64 bits per heavy atom. The summed E-state index contributed by atoms with van der Waals surface area (Å²) in [6.45, 7) is -0.105. The van der Waals surface area contributed by atoms with Crippen LogP contribution in [0.1, 0.15) is 27.4 Å². The lowest BCUT2D eigenvalue weighted by Crippen LogP contribution is -2.41. The van der Waals surface area contributed by atoms with E-state index in [2.05, 4.69) is 10.3 Å². The molecule has 0 spiro atoms. The van der Waals surface area contributed by atoms with E-state index in [-0.39, 0.29) is 11.9 Å². The number of aliphatic imine (C=N–C) groups is 1. The lowest BCUT2D eigenvalue weighted by molar-refractivity contribution is -0.135. The van der Waals surface area contributed by atoms with Gasteiger partial charge in [0.05, 0.1) is 12.3 Å². The van der Waals surface area contributed by atoms with Gasteiger partial charge < -0.3 is 5.11 Å². The third kappa shape index (κ3) is 5.45. The van der Waals surface area contributed by atoms with Crippen LogP contribution >= 0.6 is 11.6 Å². The zero-order valence-corrected chi connectivity index (χ0v) is 18.3. The van der Waals surface area contributed by atoms with E-state index < -0.39 is 18.4 Å². The molecule has 8 heteroatoms. The van der Waals surface area contributed by atoms with Gasteiger partial charge >= 0.3 is 5.97 Å². The van der Waals surface area contributed by atoms with Crippen molar-refractivity contribution in [2.24, 2.45) is 10.1 Å². The van der Waals surface area contributed by atoms with E-state index in [0.717, 1.165) is 16.8 Å². The van der Waals surface area contributed by atoms with E-state index >= 15 is 0 Å². The average Bonchev–Trinajstić information content (AvgIpc) is 3.28. The van der Waals surface area contributed by atoms with Gasteiger partial charge in [-0.25, -0.2) is 10.0 Å². The van der Waals surface area contributed by atoms with Crippen molar-refractivity contribution in [1.82, 2.24) is 10.3 Å². The van der Waals surface area contributed by atoms with Crippen LogP contribution in [-0.4, -0.2) is 46.8 Å². The topological polar surface area (TPSA) is 94.4 Å². The van der Waals surface area contributed by atoms with Gasteiger partial charge in [0.15, 0.2) is 0 Å². The fraction of sp³-hybridized carbons (Fsp3) is 0.120. The van der Waals surface area contributed by atoms with Gasteiger partial charge in [-0.3, -0.25) is 14.9 Å². The number of rotatable bonds is 5. The summed E-state index contributed by atoms with van der Waals surface area (Å²) >= 11 is 5.91. The average molecular weight is 461 g/mol. The Morgan fingerprint density at radius 3 is 2.27 bits per heavy atom. The van der Waals surface area contributed by atoms with Crippen LogP contribution in [0.4, 0.5) is 0 Å². The van der Waals surface area contributed by atoms with Gasteiger partial charge in [-0.1, -0.05) is 72.3 Å². The molecule has 7 nitrogen and oxygen atoms in total. The number of guanidine groups is 1. The second-order valence-corrected chi connectivity index (χ2v) is 7.83. The summed E-state index contributed by atoms with van der Waals surface area (Å²) in [4.78, 5) is 28.1. The van der Waals surface area contributed by atoms with Crippen molar-refractivity contribution in [2.45, 2.75) is 5.92 Å². The molecular formula is C25H21ClN4O3. The Balaban J connectivity index is 1.67. The van der Waals surface area contributed by atoms with Gasteiger partial charge in [0, 0.05) is 16.5 Å². The maximum absolute atomic E-state index is 12.8. The Bertz CT molecular complexity index is 1200. The van der Waals surface area contributed by atoms with Crippen molar-refractivity contribution in [3.63, 3.8) is 0 Å². The fourth-order valence-electron chi connectivity index (χ4n) is 3.55. The smallest absolute Gasteiger partial charge is 0.325 e. The van der Waals surface area contributed by atoms with Crippen molar-refractivity contribution < 1.29 is 14.7 Å². The summed E-state index contributed by atoms with van der Waals surface area (Å²) in [6.07, 6.45) is 0. The molecule has 0 saturated carbocycles. The number of carbonyl (C=O) groups excluding carboxylic acids is 1. The zero-order valence-electron chi connectivity index (χ0n) is 17.6. The number of hydrogen-bond donors (Lipinski definition) is 2. The number of hydrogen-bond acceptors (Lipinski definition) is 4. The molecule has 4 rings (SSSR count). The number of amides is 1. The van der Waals surface area contributed by atoms with E-state index in [1.807, 2.05) is 60.7 Å². The largest absolute Gasteiger partial charge is 0.480 e. The number of hydrazone groups is 1. The molecule has 0 bridgehead atoms. The number of aliphatic carboxylic acids is 1. The molecule has 3 aromatic rings. The first-order chi connectivity index (χ1) is 16.0. The van der Waals surface area contributed by atoms with Gasteiger partial charge in [-0.15, -0.1) is 0 Å². The van der Waals surface area contributed by atoms with Crippen LogP contribution in [0, 0.1) is 0 Å². The van der Waals surface area contributed by atoms with E-state index in [0.29, 0.717) is 17.1 Å². The Kier molecular flexibility index (Phi) is 6.80. The molecule has 3 aromatic carbocycles. The minimum absolute atomic E-state index is 0.0733. The molecule has 1 atom stereocenters. The number of benzene rings is 3. The first-order valence-corrected chi connectivity index (χ1v) is 10.7. The summed E-state index contributed by atoms with van der Waals surface area (Å²) in [5.41, 5.74) is 3.18. The van der Waals surface area contributed by atoms with E-state index in [1.165, 1.54) is 0 Å². The van der Waals surface area contributed by atoms with Gasteiger partial charge in [0.25, 0.3) is 5.91 Å². The van der Waals surface area contributed by atoms with E-state index in [1.54, 1.807) is 29.3 Å². The second-order valence-electron chi connectivity index (χ2n) is 7.39. The van der Waals surface area contributed by atoms with Crippen LogP contribution in [0.3, 0.4) is 0 Å². The number of halogens is 1. The molecule has 0 saturated heterocycles. The van der Waals surface area contributed by atoms with Crippen LogP contribution in [-0.2, 0) is 4.79 Å². The number of carboxylic acid groups (broad SMARTS) is 1. The third-order valence-corrected chi connectivity index (χ3v) is 5.38. The Hall–Kier alpha value is -3.97. The van der Waals surface area contributed by atoms with E-state index in [9.17, 15) is 9.59 Å². The maximum Gasteiger partial charge on any atom is 0.325 e.